The Labute approximate surface area is 344 Å². The van der Waals surface area contributed by atoms with Gasteiger partial charge < -0.3 is 8.83 Å². The van der Waals surface area contributed by atoms with Crippen molar-refractivity contribution >= 4 is 43.9 Å². The minimum absolute atomic E-state index is 0.0477. The highest BCUT2D eigenvalue weighted by Crippen LogP contribution is 2.42. The fraction of sp³-hybridized carbons (Fsp3) is 0. The molecule has 0 saturated heterocycles. The number of benzene rings is 8. The van der Waals surface area contributed by atoms with Crippen LogP contribution in [-0.2, 0) is 0 Å². The van der Waals surface area contributed by atoms with Crippen LogP contribution in [0.15, 0.2) is 197 Å². The Morgan fingerprint density at radius 3 is 1.79 bits per heavy atom. The number of para-hydroxylation sites is 2. The first-order valence-electron chi connectivity index (χ1n) is 25.4. The van der Waals surface area contributed by atoms with E-state index in [1.807, 2.05) is 78.9 Å². The summed E-state index contributed by atoms with van der Waals surface area (Å²) in [4.78, 5) is 13.2. The third-order valence-electron chi connectivity index (χ3n) is 9.44. The van der Waals surface area contributed by atoms with E-state index in [0.29, 0.717) is 22.3 Å². The van der Waals surface area contributed by atoms with E-state index < -0.39 is 136 Å². The van der Waals surface area contributed by atoms with Gasteiger partial charge in [-0.1, -0.05) is 151 Å². The zero-order chi connectivity index (χ0) is 50.9. The molecule has 0 aliphatic rings. The maximum absolute atomic E-state index is 9.71. The van der Waals surface area contributed by atoms with Gasteiger partial charge in [0.05, 0.1) is 27.5 Å². The molecule has 11 rings (SSSR count). The van der Waals surface area contributed by atoms with Gasteiger partial charge in [0.15, 0.2) is 17.5 Å². The fourth-order valence-electron chi connectivity index (χ4n) is 6.85. The zero-order valence-corrected chi connectivity index (χ0v) is 28.8. The Morgan fingerprint density at radius 1 is 0.375 bits per heavy atom. The largest absolute Gasteiger partial charge is 0.456 e. The third-order valence-corrected chi connectivity index (χ3v) is 9.44. The quantitative estimate of drug-likeness (QED) is 0.170. The minimum Gasteiger partial charge on any atom is -0.456 e. The van der Waals surface area contributed by atoms with E-state index in [-0.39, 0.29) is 21.9 Å². The summed E-state index contributed by atoms with van der Waals surface area (Å²) in [5.74, 6) is -1.90. The maximum Gasteiger partial charge on any atom is 0.167 e. The van der Waals surface area contributed by atoms with Crippen LogP contribution in [-0.4, -0.2) is 15.0 Å². The van der Waals surface area contributed by atoms with Gasteiger partial charge in [-0.25, -0.2) is 15.0 Å². The summed E-state index contributed by atoms with van der Waals surface area (Å²) >= 11 is 0. The molecule has 0 bridgehead atoms. The molecule has 0 spiro atoms. The smallest absolute Gasteiger partial charge is 0.167 e. The molecule has 0 atom stereocenters. The number of hydrogen-bond donors (Lipinski definition) is 0. The summed E-state index contributed by atoms with van der Waals surface area (Å²) < 4.78 is 154. The number of hydrogen-bond acceptors (Lipinski definition) is 5. The molecule has 5 heteroatoms. The first kappa shape index (κ1) is 19.6. The monoisotopic (exact) mass is 733 g/mol. The highest BCUT2D eigenvalue weighted by molar-refractivity contribution is 6.14. The third kappa shape index (κ3) is 5.45. The van der Waals surface area contributed by atoms with E-state index in [4.69, 9.17) is 25.3 Å². The van der Waals surface area contributed by atoms with Crippen molar-refractivity contribution in [1.29, 1.82) is 0 Å². The van der Waals surface area contributed by atoms with E-state index in [9.17, 15) is 5.48 Å². The molecule has 0 unspecified atom stereocenters. The van der Waals surface area contributed by atoms with Gasteiger partial charge >= 0.3 is 0 Å². The van der Waals surface area contributed by atoms with Crippen molar-refractivity contribution in [3.63, 3.8) is 0 Å². The van der Waals surface area contributed by atoms with Crippen LogP contribution in [0.1, 0.15) is 21.9 Å². The van der Waals surface area contributed by atoms with Crippen LogP contribution in [0.4, 0.5) is 0 Å². The van der Waals surface area contributed by atoms with Crippen molar-refractivity contribution in [3.05, 3.63) is 188 Å². The van der Waals surface area contributed by atoms with Gasteiger partial charge in [0.25, 0.3) is 0 Å². The predicted octanol–water partition coefficient (Wildman–Crippen LogP) is 13.7. The lowest BCUT2D eigenvalue weighted by molar-refractivity contribution is 0.668. The average molecular weight is 734 g/mol. The lowest BCUT2D eigenvalue weighted by atomic mass is 9.93. The molecule has 0 N–H and O–H groups in total. The van der Waals surface area contributed by atoms with Crippen LogP contribution in [0, 0.1) is 0 Å². The summed E-state index contributed by atoms with van der Waals surface area (Å²) in [6.45, 7) is 0. The summed E-state index contributed by atoms with van der Waals surface area (Å²) in [6.07, 6.45) is 0. The number of rotatable bonds is 6. The molecule has 3 heterocycles. The highest BCUT2D eigenvalue weighted by atomic mass is 16.3. The zero-order valence-electron chi connectivity index (χ0n) is 44.8. The second-order valence-corrected chi connectivity index (χ2v) is 12.8. The Balaban J connectivity index is 1.19. The molecule has 0 aliphatic heterocycles. The lowest BCUT2D eigenvalue weighted by Gasteiger charge is -2.10. The Bertz CT molecular complexity index is 4030. The molecule has 5 nitrogen and oxygen atoms in total. The topological polar surface area (TPSA) is 65.0 Å². The van der Waals surface area contributed by atoms with Crippen molar-refractivity contribution in [2.24, 2.45) is 0 Å². The Morgan fingerprint density at radius 2 is 1.04 bits per heavy atom. The second kappa shape index (κ2) is 13.0. The Kier molecular flexibility index (Phi) is 4.57. The predicted molar refractivity (Wildman–Crippen MR) is 227 cm³/mol. The van der Waals surface area contributed by atoms with Crippen LogP contribution in [0.5, 0.6) is 0 Å². The minimum atomic E-state index is -0.773. The lowest BCUT2D eigenvalue weighted by Crippen LogP contribution is -2.00. The van der Waals surface area contributed by atoms with Crippen molar-refractivity contribution < 1.29 is 30.8 Å². The molecule has 3 aromatic heterocycles. The number of nitrogens with zero attached hydrogens (tertiary/aromatic N) is 3. The van der Waals surface area contributed by atoms with E-state index >= 15 is 0 Å². The summed E-state index contributed by atoms with van der Waals surface area (Å²) in [6, 6.07) is 17.6. The van der Waals surface area contributed by atoms with Gasteiger partial charge in [0.1, 0.15) is 22.3 Å². The molecule has 56 heavy (non-hydrogen) atoms. The summed E-state index contributed by atoms with van der Waals surface area (Å²) in [7, 11) is 0. The van der Waals surface area contributed by atoms with Crippen molar-refractivity contribution in [1.82, 2.24) is 15.0 Å². The molecule has 0 saturated carbocycles. The van der Waals surface area contributed by atoms with Gasteiger partial charge in [-0.05, 0) is 69.7 Å². The van der Waals surface area contributed by atoms with E-state index in [0.717, 1.165) is 27.5 Å². The molecule has 0 radical (unpaired) electrons. The molecule has 0 amide bonds. The molecule has 0 aliphatic carbocycles. The number of aromatic nitrogens is 3. The van der Waals surface area contributed by atoms with E-state index in [1.165, 1.54) is 0 Å². The van der Waals surface area contributed by atoms with Gasteiger partial charge in [0, 0.05) is 32.7 Å². The Hall–Kier alpha value is -7.63. The second-order valence-electron chi connectivity index (χ2n) is 12.8. The van der Waals surface area contributed by atoms with Crippen LogP contribution >= 0.6 is 0 Å². The standard InChI is InChI=1S/C51H31N3O2/c1-4-13-32(14-5-1)33-23-25-34(26-24-33)43-29-38(31-46-47(43)41-19-10-11-22-44(41)55-46)37-27-28-39-40-20-12-21-42(48(40)56-45(39)30-37)51-53-49(35-15-6-2-7-16-35)52-50(54-51)36-17-8-3-9-18-36/h1-31H/i2D,3D,6D,7D,8D,9D,12D,15D,16D,17D,18D,20D,21D,27D,28D,30D. The summed E-state index contributed by atoms with van der Waals surface area (Å²) in [5.41, 5.74) is 2.43. The van der Waals surface area contributed by atoms with Crippen LogP contribution in [0.2, 0.25) is 0 Å². The van der Waals surface area contributed by atoms with Gasteiger partial charge in [-0.15, -0.1) is 0 Å². The molecular weight excluding hydrogens is 687 g/mol. The maximum atomic E-state index is 9.71. The molecule has 262 valence electrons. The van der Waals surface area contributed by atoms with Gasteiger partial charge in [0.2, 0.25) is 0 Å². The van der Waals surface area contributed by atoms with Gasteiger partial charge in [-0.3, -0.25) is 0 Å². The first-order valence-corrected chi connectivity index (χ1v) is 17.4. The van der Waals surface area contributed by atoms with Gasteiger partial charge in [-0.2, -0.15) is 0 Å². The molecule has 0 fully saturated rings. The molecule has 8 aromatic carbocycles. The summed E-state index contributed by atoms with van der Waals surface area (Å²) in [5, 5.41) is 1.09. The van der Waals surface area contributed by atoms with E-state index in [1.54, 1.807) is 12.1 Å². The van der Waals surface area contributed by atoms with Crippen LogP contribution in [0.3, 0.4) is 0 Å². The highest BCUT2D eigenvalue weighted by Gasteiger charge is 2.20. The van der Waals surface area contributed by atoms with Crippen LogP contribution in [0.25, 0.3) is 111 Å². The average Bonchev–Trinajstić information content (AvgIpc) is 3.97. The first-order chi connectivity index (χ1) is 34.4. The normalized spacial score (nSPS) is 15.6. The van der Waals surface area contributed by atoms with E-state index in [2.05, 4.69) is 15.0 Å². The van der Waals surface area contributed by atoms with Crippen molar-refractivity contribution in [3.8, 4) is 67.5 Å². The molecule has 11 aromatic rings. The number of fused-ring (bicyclic) bond motifs is 6. The SMILES string of the molecule is [2H]c1c([2H])c([2H])c(-c2nc(-c3c([2H])c([2H])c([2H])c([2H])c3[2H])nc(-c3c([2H])c([2H])c([2H])c4c3oc3c([2H])c(-c5cc(-c6ccc(-c7ccccc7)cc6)c6c(c5)oc5ccccc56)c([2H])c([2H])c34)n2)c([2H])c1[2H]. The number of furan rings is 2. The fourth-order valence-corrected chi connectivity index (χ4v) is 6.85. The van der Waals surface area contributed by atoms with Crippen molar-refractivity contribution in [2.75, 3.05) is 0 Å². The van der Waals surface area contributed by atoms with Crippen LogP contribution < -0.4 is 0 Å². The molecular formula is C51H31N3O2. The van der Waals surface area contributed by atoms with Crippen molar-refractivity contribution in [2.45, 2.75) is 0 Å².